The standard InChI is InChI=1S/C15H18N4O/c1-2-4-11(5-3-1)12-8-16-15-14(12)18-13(9-17-15)19-6-7-20-10-19/h1-5,8,13,16-18H,6-7,9-10H2. The van der Waals surface area contributed by atoms with Gasteiger partial charge in [-0.2, -0.15) is 0 Å². The second-order valence-electron chi connectivity index (χ2n) is 5.21. The van der Waals surface area contributed by atoms with Crippen LogP contribution in [0.15, 0.2) is 36.5 Å². The number of H-pyrrole nitrogens is 1. The van der Waals surface area contributed by atoms with Crippen molar-refractivity contribution >= 4 is 11.5 Å². The highest BCUT2D eigenvalue weighted by atomic mass is 16.5. The van der Waals surface area contributed by atoms with Gasteiger partial charge in [-0.25, -0.2) is 0 Å². The molecule has 5 heteroatoms. The average Bonchev–Trinajstić information content (AvgIpc) is 3.17. The van der Waals surface area contributed by atoms with E-state index in [-0.39, 0.29) is 6.17 Å². The molecule has 2 aromatic rings. The molecule has 1 fully saturated rings. The number of fused-ring (bicyclic) bond motifs is 1. The molecule has 0 amide bonds. The molecule has 1 saturated heterocycles. The summed E-state index contributed by atoms with van der Waals surface area (Å²) in [6, 6.07) is 10.4. The Labute approximate surface area is 117 Å². The number of aromatic amines is 1. The van der Waals surface area contributed by atoms with Crippen molar-refractivity contribution in [1.82, 2.24) is 9.88 Å². The molecular weight excluding hydrogens is 252 g/mol. The number of hydrogen-bond acceptors (Lipinski definition) is 4. The molecule has 0 saturated carbocycles. The third-order valence-corrected chi connectivity index (χ3v) is 3.97. The molecule has 20 heavy (non-hydrogen) atoms. The van der Waals surface area contributed by atoms with Gasteiger partial charge in [-0.15, -0.1) is 0 Å². The monoisotopic (exact) mass is 270 g/mol. The number of ether oxygens (including phenoxy) is 1. The second-order valence-corrected chi connectivity index (χ2v) is 5.21. The summed E-state index contributed by atoms with van der Waals surface area (Å²) < 4.78 is 5.44. The van der Waals surface area contributed by atoms with Gasteiger partial charge in [-0.1, -0.05) is 30.3 Å². The SMILES string of the molecule is c1ccc(-c2c[nH]c3c2NC(N2CCOC2)CN3)cc1. The van der Waals surface area contributed by atoms with Crippen molar-refractivity contribution in [2.45, 2.75) is 6.17 Å². The molecule has 1 aromatic carbocycles. The summed E-state index contributed by atoms with van der Waals surface area (Å²) in [7, 11) is 0. The van der Waals surface area contributed by atoms with Crippen LogP contribution < -0.4 is 10.6 Å². The van der Waals surface area contributed by atoms with E-state index in [1.54, 1.807) is 0 Å². The van der Waals surface area contributed by atoms with Crippen LogP contribution in [0.25, 0.3) is 11.1 Å². The first kappa shape index (κ1) is 11.8. The fourth-order valence-electron chi connectivity index (χ4n) is 2.87. The van der Waals surface area contributed by atoms with E-state index in [1.807, 2.05) is 6.07 Å². The van der Waals surface area contributed by atoms with Gasteiger partial charge in [0, 0.05) is 18.3 Å². The first-order valence-electron chi connectivity index (χ1n) is 7.01. The van der Waals surface area contributed by atoms with Crippen LogP contribution in [0.3, 0.4) is 0 Å². The maximum absolute atomic E-state index is 5.44. The Morgan fingerprint density at radius 2 is 2.10 bits per heavy atom. The Bertz CT molecular complexity index is 589. The van der Waals surface area contributed by atoms with Gasteiger partial charge < -0.3 is 20.4 Å². The Balaban J connectivity index is 1.64. The number of benzene rings is 1. The van der Waals surface area contributed by atoms with E-state index in [0.717, 1.165) is 31.2 Å². The molecule has 2 aliphatic rings. The van der Waals surface area contributed by atoms with Gasteiger partial charge in [-0.3, -0.25) is 4.90 Å². The topological polar surface area (TPSA) is 52.3 Å². The van der Waals surface area contributed by atoms with Gasteiger partial charge in [-0.05, 0) is 5.56 Å². The van der Waals surface area contributed by atoms with E-state index in [4.69, 9.17) is 4.74 Å². The Morgan fingerprint density at radius 1 is 1.20 bits per heavy atom. The fourth-order valence-corrected chi connectivity index (χ4v) is 2.87. The van der Waals surface area contributed by atoms with Crippen molar-refractivity contribution in [3.05, 3.63) is 36.5 Å². The number of hydrogen-bond donors (Lipinski definition) is 3. The molecule has 1 aromatic heterocycles. The summed E-state index contributed by atoms with van der Waals surface area (Å²) in [5.74, 6) is 1.07. The molecule has 3 heterocycles. The summed E-state index contributed by atoms with van der Waals surface area (Å²) >= 11 is 0. The van der Waals surface area contributed by atoms with E-state index in [9.17, 15) is 0 Å². The van der Waals surface area contributed by atoms with Gasteiger partial charge in [0.2, 0.25) is 0 Å². The van der Waals surface area contributed by atoms with E-state index in [0.29, 0.717) is 6.73 Å². The molecule has 1 unspecified atom stereocenters. The smallest absolute Gasteiger partial charge is 0.127 e. The number of nitrogens with zero attached hydrogens (tertiary/aromatic N) is 1. The molecule has 0 bridgehead atoms. The second kappa shape index (κ2) is 4.85. The van der Waals surface area contributed by atoms with Gasteiger partial charge >= 0.3 is 0 Å². The number of anilines is 2. The predicted molar refractivity (Wildman–Crippen MR) is 79.7 cm³/mol. The maximum atomic E-state index is 5.44. The van der Waals surface area contributed by atoms with E-state index in [2.05, 4.69) is 51.0 Å². The highest BCUT2D eigenvalue weighted by Crippen LogP contribution is 2.37. The molecule has 4 rings (SSSR count). The van der Waals surface area contributed by atoms with Gasteiger partial charge in [0.05, 0.1) is 25.0 Å². The first-order chi connectivity index (χ1) is 9.92. The summed E-state index contributed by atoms with van der Waals surface area (Å²) in [6.45, 7) is 3.40. The number of nitrogens with one attached hydrogen (secondary N) is 3. The Hall–Kier alpha value is -1.98. The van der Waals surface area contributed by atoms with Crippen molar-refractivity contribution in [2.75, 3.05) is 37.1 Å². The Kier molecular flexibility index (Phi) is 2.86. The third kappa shape index (κ3) is 1.95. The van der Waals surface area contributed by atoms with Gasteiger partial charge in [0.25, 0.3) is 0 Å². The van der Waals surface area contributed by atoms with Crippen LogP contribution in [0.2, 0.25) is 0 Å². The largest absolute Gasteiger partial charge is 0.366 e. The lowest BCUT2D eigenvalue weighted by atomic mass is 10.1. The van der Waals surface area contributed by atoms with Crippen molar-refractivity contribution < 1.29 is 4.74 Å². The van der Waals surface area contributed by atoms with E-state index >= 15 is 0 Å². The minimum atomic E-state index is 0.281. The van der Waals surface area contributed by atoms with Crippen LogP contribution >= 0.6 is 0 Å². The molecule has 0 radical (unpaired) electrons. The average molecular weight is 270 g/mol. The van der Waals surface area contributed by atoms with Crippen LogP contribution in [0.5, 0.6) is 0 Å². The van der Waals surface area contributed by atoms with Crippen LogP contribution in [0.4, 0.5) is 11.5 Å². The maximum Gasteiger partial charge on any atom is 0.127 e. The minimum Gasteiger partial charge on any atom is -0.366 e. The van der Waals surface area contributed by atoms with Crippen molar-refractivity contribution in [3.8, 4) is 11.1 Å². The summed E-state index contributed by atoms with van der Waals surface area (Å²) in [4.78, 5) is 5.63. The molecule has 2 aliphatic heterocycles. The summed E-state index contributed by atoms with van der Waals surface area (Å²) in [5.41, 5.74) is 3.58. The lowest BCUT2D eigenvalue weighted by Gasteiger charge is -2.32. The molecule has 0 aliphatic carbocycles. The first-order valence-corrected chi connectivity index (χ1v) is 7.01. The summed E-state index contributed by atoms with van der Waals surface area (Å²) in [6.07, 6.45) is 2.34. The zero-order chi connectivity index (χ0) is 13.4. The highest BCUT2D eigenvalue weighted by molar-refractivity contribution is 5.87. The molecule has 5 nitrogen and oxygen atoms in total. The molecule has 0 spiro atoms. The lowest BCUT2D eigenvalue weighted by Crippen LogP contribution is -2.46. The van der Waals surface area contributed by atoms with Crippen LogP contribution in [0, 0.1) is 0 Å². The number of aromatic nitrogens is 1. The van der Waals surface area contributed by atoms with Gasteiger partial charge in [0.1, 0.15) is 12.5 Å². The van der Waals surface area contributed by atoms with Crippen LogP contribution in [-0.4, -0.2) is 42.5 Å². The molecule has 104 valence electrons. The van der Waals surface area contributed by atoms with E-state index < -0.39 is 0 Å². The Morgan fingerprint density at radius 3 is 2.90 bits per heavy atom. The molecule has 1 atom stereocenters. The van der Waals surface area contributed by atoms with Crippen molar-refractivity contribution in [3.63, 3.8) is 0 Å². The van der Waals surface area contributed by atoms with Crippen LogP contribution in [0.1, 0.15) is 0 Å². The minimum absolute atomic E-state index is 0.281. The quantitative estimate of drug-likeness (QED) is 0.782. The zero-order valence-corrected chi connectivity index (χ0v) is 11.2. The molecule has 3 N–H and O–H groups in total. The predicted octanol–water partition coefficient (Wildman–Crippen LogP) is 2.13. The third-order valence-electron chi connectivity index (χ3n) is 3.97. The number of rotatable bonds is 2. The van der Waals surface area contributed by atoms with Crippen molar-refractivity contribution in [1.29, 1.82) is 0 Å². The molecular formula is C15H18N4O. The van der Waals surface area contributed by atoms with E-state index in [1.165, 1.54) is 11.1 Å². The van der Waals surface area contributed by atoms with Gasteiger partial charge in [0.15, 0.2) is 0 Å². The fraction of sp³-hybridized carbons (Fsp3) is 0.333. The lowest BCUT2D eigenvalue weighted by molar-refractivity contribution is 0.124. The normalized spacial score (nSPS) is 22.1. The van der Waals surface area contributed by atoms with Crippen molar-refractivity contribution in [2.24, 2.45) is 0 Å². The zero-order valence-electron chi connectivity index (χ0n) is 11.2. The summed E-state index contributed by atoms with van der Waals surface area (Å²) in [5, 5.41) is 7.10. The highest BCUT2D eigenvalue weighted by Gasteiger charge is 2.28. The van der Waals surface area contributed by atoms with Crippen LogP contribution in [-0.2, 0) is 4.74 Å².